The van der Waals surface area contributed by atoms with Crippen molar-refractivity contribution in [3.63, 3.8) is 0 Å². The molecule has 1 aliphatic rings. The molecular weight excluding hydrogens is 364 g/mol. The molecule has 9 heteroatoms. The monoisotopic (exact) mass is 384 g/mol. The maximum absolute atomic E-state index is 12.2. The van der Waals surface area contributed by atoms with Crippen molar-refractivity contribution in [1.82, 2.24) is 20.2 Å². The second-order valence-electron chi connectivity index (χ2n) is 6.64. The van der Waals surface area contributed by atoms with Gasteiger partial charge < -0.3 is 5.32 Å². The summed E-state index contributed by atoms with van der Waals surface area (Å²) in [6, 6.07) is 9.06. The van der Waals surface area contributed by atoms with Gasteiger partial charge in [-0.2, -0.15) is 5.10 Å². The van der Waals surface area contributed by atoms with Crippen molar-refractivity contribution in [2.24, 2.45) is 5.92 Å². The molecule has 140 valence electrons. The van der Waals surface area contributed by atoms with Crippen LogP contribution in [0.4, 0.5) is 17.3 Å². The Labute approximate surface area is 157 Å². The molecular formula is C18H20N6O2S. The fourth-order valence-electron chi connectivity index (χ4n) is 2.94. The highest BCUT2D eigenvalue weighted by atomic mass is 32.2. The average Bonchev–Trinajstić information content (AvgIpc) is 3.08. The Kier molecular flexibility index (Phi) is 4.76. The van der Waals surface area contributed by atoms with E-state index >= 15 is 0 Å². The standard InChI is InChI=1S/C18H20N6O2S/c25-27(26,12-13-2-1-3-13)24-15-6-4-14(5-7-15)16-10-17(23-22-16)21-18-11-19-8-9-20-18/h4-11,13,24H,1-3,12H2,(H2,20,21,22,23). The van der Waals surface area contributed by atoms with E-state index in [2.05, 4.69) is 30.2 Å². The molecule has 0 unspecified atom stereocenters. The summed E-state index contributed by atoms with van der Waals surface area (Å²) in [6.45, 7) is 0. The van der Waals surface area contributed by atoms with Crippen LogP contribution < -0.4 is 10.0 Å². The van der Waals surface area contributed by atoms with Crippen molar-refractivity contribution < 1.29 is 8.42 Å². The fraction of sp³-hybridized carbons (Fsp3) is 0.278. The average molecular weight is 384 g/mol. The molecule has 8 nitrogen and oxygen atoms in total. The summed E-state index contributed by atoms with van der Waals surface area (Å²) in [5, 5.41) is 10.2. The number of H-pyrrole nitrogens is 1. The molecule has 4 rings (SSSR count). The molecule has 0 spiro atoms. The summed E-state index contributed by atoms with van der Waals surface area (Å²) >= 11 is 0. The Morgan fingerprint density at radius 1 is 1.11 bits per heavy atom. The normalized spacial score (nSPS) is 14.5. The Hall–Kier alpha value is -2.94. The van der Waals surface area contributed by atoms with Gasteiger partial charge in [0.2, 0.25) is 10.0 Å². The third kappa shape index (κ3) is 4.43. The molecule has 0 aliphatic heterocycles. The maximum Gasteiger partial charge on any atom is 0.232 e. The Bertz CT molecular complexity index is 998. The molecule has 2 aromatic heterocycles. The van der Waals surface area contributed by atoms with E-state index in [-0.39, 0.29) is 5.75 Å². The molecule has 2 heterocycles. The minimum atomic E-state index is -3.30. The van der Waals surface area contributed by atoms with Gasteiger partial charge >= 0.3 is 0 Å². The first-order valence-corrected chi connectivity index (χ1v) is 10.4. The zero-order chi connectivity index (χ0) is 18.7. The predicted octanol–water partition coefficient (Wildman–Crippen LogP) is 3.15. The lowest BCUT2D eigenvalue weighted by Gasteiger charge is -2.25. The van der Waals surface area contributed by atoms with Crippen molar-refractivity contribution in [2.45, 2.75) is 19.3 Å². The zero-order valence-electron chi connectivity index (χ0n) is 14.6. The molecule has 0 atom stereocenters. The third-order valence-corrected chi connectivity index (χ3v) is 6.00. The molecule has 27 heavy (non-hydrogen) atoms. The Morgan fingerprint density at radius 2 is 1.93 bits per heavy atom. The van der Waals surface area contributed by atoms with Crippen LogP contribution in [0.3, 0.4) is 0 Å². The summed E-state index contributed by atoms with van der Waals surface area (Å²) in [6.07, 6.45) is 7.95. The van der Waals surface area contributed by atoms with Gasteiger partial charge in [-0.05, 0) is 36.5 Å². The maximum atomic E-state index is 12.2. The number of rotatable bonds is 7. The van der Waals surface area contributed by atoms with E-state index in [1.807, 2.05) is 18.2 Å². The lowest BCUT2D eigenvalue weighted by molar-refractivity contribution is 0.347. The lowest BCUT2D eigenvalue weighted by atomic mass is 9.87. The number of sulfonamides is 1. The highest BCUT2D eigenvalue weighted by molar-refractivity contribution is 7.92. The van der Waals surface area contributed by atoms with Gasteiger partial charge in [-0.15, -0.1) is 0 Å². The van der Waals surface area contributed by atoms with Gasteiger partial charge in [0.05, 0.1) is 17.6 Å². The van der Waals surface area contributed by atoms with Crippen LogP contribution in [0.2, 0.25) is 0 Å². The highest BCUT2D eigenvalue weighted by Crippen LogP contribution is 2.28. The molecule has 0 radical (unpaired) electrons. The smallest absolute Gasteiger partial charge is 0.232 e. The zero-order valence-corrected chi connectivity index (χ0v) is 15.4. The van der Waals surface area contributed by atoms with Crippen molar-refractivity contribution in [1.29, 1.82) is 0 Å². The number of nitrogens with one attached hydrogen (secondary N) is 3. The van der Waals surface area contributed by atoms with E-state index in [0.717, 1.165) is 30.5 Å². The van der Waals surface area contributed by atoms with E-state index in [9.17, 15) is 8.42 Å². The third-order valence-electron chi connectivity index (χ3n) is 4.55. The summed E-state index contributed by atoms with van der Waals surface area (Å²) in [5.41, 5.74) is 2.28. The van der Waals surface area contributed by atoms with Gasteiger partial charge in [-0.3, -0.25) is 14.8 Å². The number of hydrogen-bond donors (Lipinski definition) is 3. The fourth-order valence-corrected chi connectivity index (χ4v) is 4.47. The first-order valence-electron chi connectivity index (χ1n) is 8.77. The van der Waals surface area contributed by atoms with E-state index < -0.39 is 10.0 Å². The van der Waals surface area contributed by atoms with Crippen molar-refractivity contribution in [3.05, 3.63) is 48.9 Å². The molecule has 0 amide bonds. The molecule has 1 aromatic carbocycles. The molecule has 3 aromatic rings. The molecule has 0 bridgehead atoms. The Morgan fingerprint density at radius 3 is 2.59 bits per heavy atom. The van der Waals surface area contributed by atoms with Crippen LogP contribution in [0, 0.1) is 5.92 Å². The van der Waals surface area contributed by atoms with Crippen molar-refractivity contribution in [3.8, 4) is 11.3 Å². The Balaban J connectivity index is 1.41. The SMILES string of the molecule is O=S(=O)(CC1CCC1)Nc1ccc(-c2cc(Nc3cnccn3)n[nH]2)cc1. The van der Waals surface area contributed by atoms with Gasteiger partial charge in [-0.1, -0.05) is 18.6 Å². The number of anilines is 3. The highest BCUT2D eigenvalue weighted by Gasteiger charge is 2.24. The van der Waals surface area contributed by atoms with E-state index in [1.54, 1.807) is 30.7 Å². The number of nitrogens with zero attached hydrogens (tertiary/aromatic N) is 3. The van der Waals surface area contributed by atoms with Crippen LogP contribution in [-0.4, -0.2) is 34.3 Å². The van der Waals surface area contributed by atoms with Crippen LogP contribution in [0.1, 0.15) is 19.3 Å². The van der Waals surface area contributed by atoms with E-state index in [0.29, 0.717) is 23.2 Å². The molecule has 3 N–H and O–H groups in total. The van der Waals surface area contributed by atoms with Crippen LogP contribution in [-0.2, 0) is 10.0 Å². The molecule has 1 aliphatic carbocycles. The first-order chi connectivity index (χ1) is 13.1. The topological polar surface area (TPSA) is 113 Å². The van der Waals surface area contributed by atoms with Crippen molar-refractivity contribution >= 4 is 27.3 Å². The molecule has 0 saturated heterocycles. The van der Waals surface area contributed by atoms with Gasteiger partial charge in [-0.25, -0.2) is 13.4 Å². The van der Waals surface area contributed by atoms with Crippen LogP contribution in [0.15, 0.2) is 48.9 Å². The van der Waals surface area contributed by atoms with Crippen LogP contribution in [0.5, 0.6) is 0 Å². The van der Waals surface area contributed by atoms with Gasteiger partial charge in [0.1, 0.15) is 5.82 Å². The largest absolute Gasteiger partial charge is 0.322 e. The van der Waals surface area contributed by atoms with Crippen LogP contribution in [0.25, 0.3) is 11.3 Å². The first kappa shape index (κ1) is 17.5. The number of benzene rings is 1. The van der Waals surface area contributed by atoms with Gasteiger partial charge in [0, 0.05) is 24.1 Å². The minimum Gasteiger partial charge on any atom is -0.322 e. The van der Waals surface area contributed by atoms with E-state index in [1.165, 1.54) is 0 Å². The minimum absolute atomic E-state index is 0.201. The van der Waals surface area contributed by atoms with Crippen molar-refractivity contribution in [2.75, 3.05) is 15.8 Å². The second kappa shape index (κ2) is 7.36. The number of aromatic amines is 1. The van der Waals surface area contributed by atoms with Crippen LogP contribution >= 0.6 is 0 Å². The molecule has 1 fully saturated rings. The lowest BCUT2D eigenvalue weighted by Crippen LogP contribution is -2.26. The summed E-state index contributed by atoms with van der Waals surface area (Å²) in [4.78, 5) is 8.13. The number of aromatic nitrogens is 4. The number of hydrogen-bond acceptors (Lipinski definition) is 6. The predicted molar refractivity (Wildman–Crippen MR) is 104 cm³/mol. The van der Waals surface area contributed by atoms with Gasteiger partial charge in [0.25, 0.3) is 0 Å². The molecule has 1 saturated carbocycles. The van der Waals surface area contributed by atoms with E-state index in [4.69, 9.17) is 0 Å². The summed E-state index contributed by atoms with van der Waals surface area (Å²) in [7, 11) is -3.30. The summed E-state index contributed by atoms with van der Waals surface area (Å²) in [5.74, 6) is 1.72. The van der Waals surface area contributed by atoms with Gasteiger partial charge in [0.15, 0.2) is 5.82 Å². The quantitative estimate of drug-likeness (QED) is 0.577. The summed E-state index contributed by atoms with van der Waals surface area (Å²) < 4.78 is 27.0. The second-order valence-corrected chi connectivity index (χ2v) is 8.41.